The van der Waals surface area contributed by atoms with Gasteiger partial charge in [-0.15, -0.1) is 5.10 Å². The molecule has 8 nitrogen and oxygen atoms in total. The molecule has 0 aliphatic heterocycles. The Morgan fingerprint density at radius 3 is 2.47 bits per heavy atom. The summed E-state index contributed by atoms with van der Waals surface area (Å²) in [6.07, 6.45) is 0.601. The third-order valence-corrected chi connectivity index (χ3v) is 5.93. The summed E-state index contributed by atoms with van der Waals surface area (Å²) in [6.45, 7) is 15.8. The van der Waals surface area contributed by atoms with Gasteiger partial charge < -0.3 is 10.1 Å². The maximum absolute atomic E-state index is 13.0. The number of tetrazole rings is 1. The maximum atomic E-state index is 13.0. The van der Waals surface area contributed by atoms with Crippen LogP contribution in [0.3, 0.4) is 0 Å². The molecule has 8 heteroatoms. The van der Waals surface area contributed by atoms with E-state index >= 15 is 0 Å². The molecule has 3 aromatic rings. The molecule has 3 rings (SSSR count). The number of nitrogens with one attached hydrogen (secondary N) is 1. The summed E-state index contributed by atoms with van der Waals surface area (Å²) in [5, 5.41) is 23.1. The third kappa shape index (κ3) is 5.07. The number of hydrogen-bond acceptors (Lipinski definition) is 6. The second-order valence-electron chi connectivity index (χ2n) is 10.0. The molecule has 0 aliphatic carbocycles. The van der Waals surface area contributed by atoms with Crippen LogP contribution in [0.4, 0.5) is 0 Å². The number of nitrogens with zero attached hydrogens (tertiary/aromatic N) is 5. The van der Waals surface area contributed by atoms with Crippen LogP contribution in [0.2, 0.25) is 0 Å². The van der Waals surface area contributed by atoms with E-state index in [1.54, 1.807) is 0 Å². The number of pyridine rings is 1. The highest BCUT2D eigenvalue weighted by Crippen LogP contribution is 2.31. The smallest absolute Gasteiger partial charge is 0.252 e. The molecule has 2 heterocycles. The second-order valence-corrected chi connectivity index (χ2v) is 10.0. The normalized spacial score (nSPS) is 13.4. The van der Waals surface area contributed by atoms with Crippen molar-refractivity contribution in [1.29, 1.82) is 0 Å². The lowest BCUT2D eigenvalue weighted by Crippen LogP contribution is -2.38. The highest BCUT2D eigenvalue weighted by atomic mass is 16.3. The van der Waals surface area contributed by atoms with Gasteiger partial charge in [-0.3, -0.25) is 9.69 Å². The first-order valence-electron chi connectivity index (χ1n) is 11.3. The van der Waals surface area contributed by atoms with Crippen molar-refractivity contribution in [3.63, 3.8) is 0 Å². The Balaban J connectivity index is 2.06. The molecule has 0 unspecified atom stereocenters. The Bertz CT molecular complexity index is 1130. The minimum absolute atomic E-state index is 0.0814. The van der Waals surface area contributed by atoms with Crippen LogP contribution >= 0.6 is 0 Å². The molecule has 0 fully saturated rings. The first-order chi connectivity index (χ1) is 15.0. The van der Waals surface area contributed by atoms with Crippen LogP contribution in [-0.4, -0.2) is 48.3 Å². The lowest BCUT2D eigenvalue weighted by molar-refractivity contribution is 0.116. The van der Waals surface area contributed by atoms with E-state index in [0.29, 0.717) is 25.1 Å². The number of aromatic amines is 1. The predicted molar refractivity (Wildman–Crippen MR) is 127 cm³/mol. The lowest BCUT2D eigenvalue weighted by Gasteiger charge is -2.35. The molecule has 174 valence electrons. The fourth-order valence-corrected chi connectivity index (χ4v) is 4.19. The SMILES string of the molecule is Cc1cc2cc(CN(CCCO)[C@@H](c3nnnn3C(C)(C)C)C(C)C)c(=O)[nH]c2cc1C. The minimum atomic E-state index is -0.273. The first-order valence-corrected chi connectivity index (χ1v) is 11.3. The van der Waals surface area contributed by atoms with Gasteiger partial charge in [0.05, 0.1) is 11.6 Å². The minimum Gasteiger partial charge on any atom is -0.396 e. The van der Waals surface area contributed by atoms with Crippen molar-refractivity contribution in [2.75, 3.05) is 13.2 Å². The van der Waals surface area contributed by atoms with Crippen LogP contribution in [-0.2, 0) is 12.1 Å². The maximum Gasteiger partial charge on any atom is 0.252 e. The number of rotatable bonds is 8. The van der Waals surface area contributed by atoms with Gasteiger partial charge in [0, 0.05) is 30.8 Å². The molecular weight excluding hydrogens is 404 g/mol. The number of fused-ring (bicyclic) bond motifs is 1. The van der Waals surface area contributed by atoms with Gasteiger partial charge in [-0.25, -0.2) is 4.68 Å². The standard InChI is InChI=1S/C24H36N6O2/c1-15(2)21(22-26-27-28-30(22)24(5,6)7)29(9-8-10-31)14-19-13-18-11-16(3)17(4)12-20(18)25-23(19)32/h11-13,15,21,31H,8-10,14H2,1-7H3,(H,25,32)/t21-/m1/s1. The van der Waals surface area contributed by atoms with Gasteiger partial charge in [0.2, 0.25) is 0 Å². The van der Waals surface area contributed by atoms with Gasteiger partial charge in [0.25, 0.3) is 5.56 Å². The van der Waals surface area contributed by atoms with Crippen LogP contribution in [0.5, 0.6) is 0 Å². The largest absolute Gasteiger partial charge is 0.396 e. The predicted octanol–water partition coefficient (Wildman–Crippen LogP) is 3.47. The molecule has 2 N–H and O–H groups in total. The summed E-state index contributed by atoms with van der Waals surface area (Å²) >= 11 is 0. The van der Waals surface area contributed by atoms with Crippen LogP contribution in [0.15, 0.2) is 23.0 Å². The number of hydrogen-bond donors (Lipinski definition) is 2. The van der Waals surface area contributed by atoms with Crippen molar-refractivity contribution in [1.82, 2.24) is 30.1 Å². The van der Waals surface area contributed by atoms with Gasteiger partial charge >= 0.3 is 0 Å². The van der Waals surface area contributed by atoms with E-state index in [0.717, 1.165) is 22.3 Å². The number of benzene rings is 1. The van der Waals surface area contributed by atoms with Crippen LogP contribution in [0.1, 0.15) is 69.6 Å². The number of aryl methyl sites for hydroxylation is 2. The summed E-state index contributed by atoms with van der Waals surface area (Å²) in [4.78, 5) is 18.2. The fourth-order valence-electron chi connectivity index (χ4n) is 4.19. The Hall–Kier alpha value is -2.58. The molecule has 1 atom stereocenters. The van der Waals surface area contributed by atoms with Crippen molar-refractivity contribution in [2.24, 2.45) is 5.92 Å². The Morgan fingerprint density at radius 2 is 1.84 bits per heavy atom. The van der Waals surface area contributed by atoms with E-state index in [-0.39, 0.29) is 29.7 Å². The molecule has 2 aromatic heterocycles. The third-order valence-electron chi connectivity index (χ3n) is 5.93. The molecule has 0 saturated heterocycles. The fraction of sp³-hybridized carbons (Fsp3) is 0.583. The van der Waals surface area contributed by atoms with E-state index in [9.17, 15) is 9.90 Å². The zero-order chi connectivity index (χ0) is 23.6. The molecule has 1 aromatic carbocycles. The summed E-state index contributed by atoms with van der Waals surface area (Å²) in [7, 11) is 0. The zero-order valence-electron chi connectivity index (χ0n) is 20.3. The van der Waals surface area contributed by atoms with Gasteiger partial charge in [0.15, 0.2) is 5.82 Å². The number of aliphatic hydroxyl groups is 1. The molecule has 0 amide bonds. The summed E-state index contributed by atoms with van der Waals surface area (Å²) in [6, 6.07) is 6.01. The van der Waals surface area contributed by atoms with E-state index in [1.807, 2.05) is 23.7 Å². The van der Waals surface area contributed by atoms with Crippen molar-refractivity contribution in [3.8, 4) is 0 Å². The number of aliphatic hydroxyl groups excluding tert-OH is 1. The molecular formula is C24H36N6O2. The quantitative estimate of drug-likeness (QED) is 0.556. The summed E-state index contributed by atoms with van der Waals surface area (Å²) in [5.74, 6) is 0.972. The van der Waals surface area contributed by atoms with Gasteiger partial charge in [-0.2, -0.15) is 0 Å². The van der Waals surface area contributed by atoms with E-state index < -0.39 is 0 Å². The number of H-pyrrole nitrogens is 1. The monoisotopic (exact) mass is 440 g/mol. The van der Waals surface area contributed by atoms with Crippen molar-refractivity contribution in [2.45, 2.75) is 73.0 Å². The highest BCUT2D eigenvalue weighted by Gasteiger charge is 2.32. The topological polar surface area (TPSA) is 99.9 Å². The summed E-state index contributed by atoms with van der Waals surface area (Å²) in [5.41, 5.74) is 3.52. The van der Waals surface area contributed by atoms with E-state index in [4.69, 9.17) is 0 Å². The Kier molecular flexibility index (Phi) is 7.15. The van der Waals surface area contributed by atoms with Crippen molar-refractivity contribution >= 4 is 10.9 Å². The molecule has 0 spiro atoms. The molecule has 32 heavy (non-hydrogen) atoms. The second kappa shape index (κ2) is 9.50. The lowest BCUT2D eigenvalue weighted by atomic mass is 9.98. The number of aromatic nitrogens is 5. The molecule has 0 aliphatic rings. The van der Waals surface area contributed by atoms with E-state index in [2.05, 4.69) is 73.0 Å². The Labute approximate surface area is 189 Å². The van der Waals surface area contributed by atoms with Gasteiger partial charge in [0.1, 0.15) is 0 Å². The van der Waals surface area contributed by atoms with E-state index in [1.165, 1.54) is 5.56 Å². The zero-order valence-corrected chi connectivity index (χ0v) is 20.3. The molecule has 0 bridgehead atoms. The van der Waals surface area contributed by atoms with Crippen molar-refractivity contribution < 1.29 is 5.11 Å². The molecule has 0 saturated carbocycles. The van der Waals surface area contributed by atoms with Gasteiger partial charge in [-0.1, -0.05) is 13.8 Å². The van der Waals surface area contributed by atoms with Crippen LogP contribution < -0.4 is 5.56 Å². The average molecular weight is 441 g/mol. The molecule has 0 radical (unpaired) electrons. The summed E-state index contributed by atoms with van der Waals surface area (Å²) < 4.78 is 1.86. The van der Waals surface area contributed by atoms with Crippen LogP contribution in [0.25, 0.3) is 10.9 Å². The van der Waals surface area contributed by atoms with Gasteiger partial charge in [-0.05, 0) is 92.1 Å². The average Bonchev–Trinajstić information content (AvgIpc) is 3.17. The highest BCUT2D eigenvalue weighted by molar-refractivity contribution is 5.80. The Morgan fingerprint density at radius 1 is 1.16 bits per heavy atom. The van der Waals surface area contributed by atoms with Crippen molar-refractivity contribution in [3.05, 3.63) is 51.1 Å². The van der Waals surface area contributed by atoms with Crippen LogP contribution in [0, 0.1) is 19.8 Å². The first kappa shape index (κ1) is 24.1.